The van der Waals surface area contributed by atoms with Crippen LogP contribution in [0.3, 0.4) is 0 Å². The van der Waals surface area contributed by atoms with E-state index < -0.39 is 0 Å². The summed E-state index contributed by atoms with van der Waals surface area (Å²) >= 11 is 1.73. The highest BCUT2D eigenvalue weighted by Crippen LogP contribution is 2.29. The molecule has 168 valence electrons. The third-order valence-electron chi connectivity index (χ3n) is 5.58. The number of hydrogen-bond acceptors (Lipinski definition) is 5. The van der Waals surface area contributed by atoms with Crippen molar-refractivity contribution < 1.29 is 9.53 Å². The zero-order chi connectivity index (χ0) is 22.7. The third kappa shape index (κ3) is 4.41. The van der Waals surface area contributed by atoms with Crippen molar-refractivity contribution in [3.63, 3.8) is 0 Å². The van der Waals surface area contributed by atoms with E-state index in [1.54, 1.807) is 18.4 Å². The monoisotopic (exact) mass is 452 g/mol. The van der Waals surface area contributed by atoms with Crippen molar-refractivity contribution >= 4 is 33.0 Å². The number of hydrogen-bond donors (Lipinski definition) is 1. The number of fused-ring (bicyclic) bond motifs is 3. The number of nitrogens with zero attached hydrogens (tertiary/aromatic N) is 3. The van der Waals surface area contributed by atoms with Crippen LogP contribution in [-0.4, -0.2) is 27.2 Å². The minimum atomic E-state index is -0.109. The van der Waals surface area contributed by atoms with Crippen molar-refractivity contribution in [2.24, 2.45) is 0 Å². The molecule has 0 radical (unpaired) electrons. The molecule has 1 aromatic carbocycles. The van der Waals surface area contributed by atoms with E-state index in [4.69, 9.17) is 4.74 Å². The van der Waals surface area contributed by atoms with Gasteiger partial charge in [-0.25, -0.2) is 4.68 Å². The molecule has 4 aromatic rings. The molecule has 3 aromatic heterocycles. The highest BCUT2D eigenvalue weighted by molar-refractivity contribution is 7.19. The number of amides is 1. The van der Waals surface area contributed by atoms with Gasteiger partial charge in [-0.2, -0.15) is 5.10 Å². The van der Waals surface area contributed by atoms with Gasteiger partial charge in [-0.05, 0) is 42.7 Å². The predicted molar refractivity (Wildman–Crippen MR) is 128 cm³/mol. The number of aryl methyl sites for hydroxylation is 3. The molecule has 0 spiro atoms. The zero-order valence-corrected chi connectivity index (χ0v) is 19.5. The van der Waals surface area contributed by atoms with Gasteiger partial charge in [0.15, 0.2) is 0 Å². The Bertz CT molecular complexity index is 1300. The first-order valence-electron chi connectivity index (χ1n) is 11.0. The van der Waals surface area contributed by atoms with E-state index in [1.165, 1.54) is 9.56 Å². The molecule has 7 nitrogen and oxygen atoms in total. The van der Waals surface area contributed by atoms with Gasteiger partial charge >= 0.3 is 0 Å². The quantitative estimate of drug-likeness (QED) is 0.417. The molecule has 0 saturated carbocycles. The van der Waals surface area contributed by atoms with Crippen LogP contribution in [0.15, 0.2) is 41.2 Å². The van der Waals surface area contributed by atoms with Gasteiger partial charge in [-0.3, -0.25) is 14.0 Å². The Kier molecular flexibility index (Phi) is 6.60. The molecule has 0 atom stereocenters. The van der Waals surface area contributed by atoms with Gasteiger partial charge in [0.2, 0.25) is 5.91 Å². The van der Waals surface area contributed by atoms with Gasteiger partial charge in [0.05, 0.1) is 17.3 Å². The van der Waals surface area contributed by atoms with Crippen LogP contribution >= 0.6 is 11.3 Å². The lowest BCUT2D eigenvalue weighted by Crippen LogP contribution is -2.28. The van der Waals surface area contributed by atoms with Crippen molar-refractivity contribution in [2.75, 3.05) is 7.11 Å². The zero-order valence-electron chi connectivity index (χ0n) is 18.7. The summed E-state index contributed by atoms with van der Waals surface area (Å²) in [4.78, 5) is 26.6. The minimum Gasteiger partial charge on any atom is -0.497 e. The maximum absolute atomic E-state index is 13.0. The standard InChI is InChI=1S/C24H28N4O3S/c1-4-18-13-19-21(32-18)14-20-24(30)27(26-22(5-2)28(19)20)12-6-7-23(29)25-15-16-8-10-17(31-3)11-9-16/h8-11,13-14H,4-7,12,15H2,1-3H3,(H,25,29). The first kappa shape index (κ1) is 22.1. The Morgan fingerprint density at radius 2 is 1.91 bits per heavy atom. The van der Waals surface area contributed by atoms with Crippen LogP contribution in [-0.2, 0) is 30.7 Å². The number of carbonyl (C=O) groups excluding carboxylic acids is 1. The normalized spacial score (nSPS) is 11.3. The summed E-state index contributed by atoms with van der Waals surface area (Å²) in [5.41, 5.74) is 2.62. The molecule has 1 amide bonds. The number of ether oxygens (including phenoxy) is 1. The van der Waals surface area contributed by atoms with Crippen molar-refractivity contribution in [1.29, 1.82) is 0 Å². The largest absolute Gasteiger partial charge is 0.497 e. The summed E-state index contributed by atoms with van der Waals surface area (Å²) in [6, 6.07) is 11.7. The molecule has 0 unspecified atom stereocenters. The Balaban J connectivity index is 1.42. The molecule has 8 heteroatoms. The topological polar surface area (TPSA) is 77.6 Å². The molecule has 32 heavy (non-hydrogen) atoms. The van der Waals surface area contributed by atoms with E-state index in [0.717, 1.165) is 40.2 Å². The van der Waals surface area contributed by atoms with E-state index in [1.807, 2.05) is 41.7 Å². The third-order valence-corrected chi connectivity index (χ3v) is 6.79. The van der Waals surface area contributed by atoms with Gasteiger partial charge in [-0.1, -0.05) is 26.0 Å². The molecule has 0 aliphatic heterocycles. The fourth-order valence-electron chi connectivity index (χ4n) is 3.82. The summed E-state index contributed by atoms with van der Waals surface area (Å²) in [7, 11) is 1.62. The SMILES string of the molecule is CCc1cc2c(cc3c(=O)n(CCCC(=O)NCc4ccc(OC)cc4)nc(CC)n32)s1. The smallest absolute Gasteiger partial charge is 0.291 e. The van der Waals surface area contributed by atoms with Gasteiger partial charge in [0.1, 0.15) is 17.1 Å². The molecular weight excluding hydrogens is 424 g/mol. The van der Waals surface area contributed by atoms with Crippen molar-refractivity contribution in [2.45, 2.75) is 52.6 Å². The van der Waals surface area contributed by atoms with Crippen molar-refractivity contribution in [3.8, 4) is 5.75 Å². The number of methoxy groups -OCH3 is 1. The van der Waals surface area contributed by atoms with Crippen LogP contribution < -0.4 is 15.6 Å². The summed E-state index contributed by atoms with van der Waals surface area (Å²) in [6.45, 7) is 5.06. The van der Waals surface area contributed by atoms with Gasteiger partial charge < -0.3 is 10.1 Å². The second-order valence-corrected chi connectivity index (χ2v) is 8.88. The summed E-state index contributed by atoms with van der Waals surface area (Å²) in [5, 5.41) is 7.54. The number of rotatable bonds is 9. The van der Waals surface area contributed by atoms with Gasteiger partial charge in [-0.15, -0.1) is 11.3 Å². The Labute approximate surface area is 190 Å². The van der Waals surface area contributed by atoms with Crippen LogP contribution in [0.5, 0.6) is 5.75 Å². The summed E-state index contributed by atoms with van der Waals surface area (Å²) < 4.78 is 9.76. The molecule has 0 aliphatic carbocycles. The molecule has 0 saturated heterocycles. The van der Waals surface area contributed by atoms with E-state index in [-0.39, 0.29) is 11.5 Å². The molecule has 1 N–H and O–H groups in total. The van der Waals surface area contributed by atoms with E-state index >= 15 is 0 Å². The fourth-order valence-corrected chi connectivity index (χ4v) is 4.84. The molecule has 4 rings (SSSR count). The highest BCUT2D eigenvalue weighted by atomic mass is 32.1. The average Bonchev–Trinajstić information content (AvgIpc) is 3.38. The van der Waals surface area contributed by atoms with Crippen LogP contribution in [0.1, 0.15) is 43.0 Å². The lowest BCUT2D eigenvalue weighted by molar-refractivity contribution is -0.121. The van der Waals surface area contributed by atoms with Crippen LogP contribution in [0.4, 0.5) is 0 Å². The fraction of sp³-hybridized carbons (Fsp3) is 0.375. The first-order chi connectivity index (χ1) is 15.5. The lowest BCUT2D eigenvalue weighted by Gasteiger charge is -2.10. The van der Waals surface area contributed by atoms with E-state index in [0.29, 0.717) is 31.4 Å². The van der Waals surface area contributed by atoms with Crippen LogP contribution in [0.2, 0.25) is 0 Å². The molecule has 0 bridgehead atoms. The summed E-state index contributed by atoms with van der Waals surface area (Å²) in [5.74, 6) is 1.61. The Morgan fingerprint density at radius 3 is 2.59 bits per heavy atom. The summed E-state index contributed by atoms with van der Waals surface area (Å²) in [6.07, 6.45) is 2.59. The second-order valence-electron chi connectivity index (χ2n) is 7.71. The Hall–Kier alpha value is -3.13. The van der Waals surface area contributed by atoms with Crippen molar-refractivity contribution in [1.82, 2.24) is 19.5 Å². The van der Waals surface area contributed by atoms with E-state index in [9.17, 15) is 9.59 Å². The maximum atomic E-state index is 13.0. The van der Waals surface area contributed by atoms with E-state index in [2.05, 4.69) is 23.4 Å². The average molecular weight is 453 g/mol. The van der Waals surface area contributed by atoms with Gasteiger partial charge in [0.25, 0.3) is 5.56 Å². The first-order valence-corrected chi connectivity index (χ1v) is 11.8. The van der Waals surface area contributed by atoms with Crippen molar-refractivity contribution in [3.05, 3.63) is 63.0 Å². The van der Waals surface area contributed by atoms with Crippen LogP contribution in [0, 0.1) is 0 Å². The number of nitrogens with one attached hydrogen (secondary N) is 1. The lowest BCUT2D eigenvalue weighted by atomic mass is 10.2. The van der Waals surface area contributed by atoms with Crippen LogP contribution in [0.25, 0.3) is 15.7 Å². The second kappa shape index (κ2) is 9.56. The number of thiophene rings is 1. The maximum Gasteiger partial charge on any atom is 0.291 e. The number of carbonyl (C=O) groups is 1. The molecular formula is C24H28N4O3S. The predicted octanol–water partition coefficient (Wildman–Crippen LogP) is 3.94. The Morgan fingerprint density at radius 1 is 1.12 bits per heavy atom. The molecule has 0 fully saturated rings. The highest BCUT2D eigenvalue weighted by Gasteiger charge is 2.15. The number of benzene rings is 1. The molecule has 3 heterocycles. The minimum absolute atomic E-state index is 0.0408. The molecule has 0 aliphatic rings. The number of aromatic nitrogens is 3. The van der Waals surface area contributed by atoms with Gasteiger partial charge in [0, 0.05) is 30.8 Å².